The van der Waals surface area contributed by atoms with Gasteiger partial charge in [0.05, 0.1) is 13.2 Å². The van der Waals surface area contributed by atoms with E-state index in [4.69, 9.17) is 18.6 Å². The summed E-state index contributed by atoms with van der Waals surface area (Å²) in [6.07, 6.45) is 0. The highest BCUT2D eigenvalue weighted by molar-refractivity contribution is 6.74. The summed E-state index contributed by atoms with van der Waals surface area (Å²) in [7, 11) is -0.475. The van der Waals surface area contributed by atoms with Crippen molar-refractivity contribution in [2.24, 2.45) is 5.11 Å². The third-order valence-electron chi connectivity index (χ3n) is 6.71. The van der Waals surface area contributed by atoms with Crippen molar-refractivity contribution in [2.75, 3.05) is 13.7 Å². The summed E-state index contributed by atoms with van der Waals surface area (Å²) in [5.74, 6) is 1.51. The first-order valence-corrected chi connectivity index (χ1v) is 15.3. The van der Waals surface area contributed by atoms with Crippen molar-refractivity contribution >= 4 is 8.32 Å². The maximum Gasteiger partial charge on any atom is 0.203 e. The fourth-order valence-electron chi connectivity index (χ4n) is 3.44. The Labute approximate surface area is 221 Å². The average Bonchev–Trinajstić information content (AvgIpc) is 2.88. The number of rotatable bonds is 12. The molecule has 0 fully saturated rings. The van der Waals surface area contributed by atoms with Crippen LogP contribution >= 0.6 is 0 Å². The van der Waals surface area contributed by atoms with Crippen molar-refractivity contribution < 1.29 is 18.6 Å². The molecule has 3 rings (SSSR count). The number of methoxy groups -OCH3 is 1. The van der Waals surface area contributed by atoms with Crippen LogP contribution < -0.4 is 14.2 Å². The fraction of sp³-hybridized carbons (Fsp3) is 0.379. The molecule has 1 atom stereocenters. The third kappa shape index (κ3) is 7.76. The van der Waals surface area contributed by atoms with Gasteiger partial charge in [0, 0.05) is 11.5 Å². The minimum atomic E-state index is -2.06. The van der Waals surface area contributed by atoms with Gasteiger partial charge in [0.25, 0.3) is 0 Å². The minimum absolute atomic E-state index is 0.0295. The molecule has 0 unspecified atom stereocenters. The molecule has 0 spiro atoms. The molecule has 0 aliphatic carbocycles. The highest BCUT2D eigenvalue weighted by atomic mass is 28.4. The number of benzene rings is 3. The second-order valence-electron chi connectivity index (χ2n) is 10.4. The summed E-state index contributed by atoms with van der Waals surface area (Å²) in [6, 6.07) is 23.0. The smallest absolute Gasteiger partial charge is 0.203 e. The van der Waals surface area contributed by atoms with Crippen LogP contribution in [0.2, 0.25) is 18.1 Å². The number of ether oxygens (including phenoxy) is 3. The molecule has 0 radical (unpaired) electrons. The van der Waals surface area contributed by atoms with Crippen LogP contribution in [0.25, 0.3) is 10.4 Å². The summed E-state index contributed by atoms with van der Waals surface area (Å²) < 4.78 is 24.6. The molecule has 3 aromatic carbocycles. The van der Waals surface area contributed by atoms with E-state index in [2.05, 4.69) is 43.9 Å². The molecule has 3 aromatic rings. The quantitative estimate of drug-likeness (QED) is 0.104. The van der Waals surface area contributed by atoms with Crippen molar-refractivity contribution in [3.05, 3.63) is 99.9 Å². The Balaban J connectivity index is 1.97. The number of azide groups is 1. The maximum absolute atomic E-state index is 9.36. The van der Waals surface area contributed by atoms with Gasteiger partial charge in [-0.25, -0.2) is 0 Å². The third-order valence-corrected chi connectivity index (χ3v) is 11.2. The standard InChI is InChI=1S/C29H37N3O4Si/c1-29(2,3)37(5,6)36-21-25(31-32-30)24-17-26(34-19-22-13-9-7-10-14-22)28(33-4)27(18-24)35-20-23-15-11-8-12-16-23/h7-18,25H,19-21H2,1-6H3/t25-/m0/s1. The summed E-state index contributed by atoms with van der Waals surface area (Å²) in [6.45, 7) is 11.9. The first-order valence-electron chi connectivity index (χ1n) is 12.4. The van der Waals surface area contributed by atoms with Crippen molar-refractivity contribution in [2.45, 2.75) is 58.2 Å². The largest absolute Gasteiger partial charge is 0.490 e. The molecule has 0 N–H and O–H groups in total. The van der Waals surface area contributed by atoms with Gasteiger partial charge in [0.2, 0.25) is 5.75 Å². The molecule has 0 bridgehead atoms. The van der Waals surface area contributed by atoms with Crippen LogP contribution in [0.1, 0.15) is 43.5 Å². The van der Waals surface area contributed by atoms with Crippen LogP contribution in [0.5, 0.6) is 17.2 Å². The van der Waals surface area contributed by atoms with Gasteiger partial charge in [0.15, 0.2) is 19.8 Å². The molecule has 0 aliphatic rings. The van der Waals surface area contributed by atoms with Gasteiger partial charge in [-0.3, -0.25) is 0 Å². The van der Waals surface area contributed by atoms with E-state index in [0.717, 1.165) is 16.7 Å². The molecule has 0 aromatic heterocycles. The average molecular weight is 520 g/mol. The zero-order valence-corrected chi connectivity index (χ0v) is 23.6. The van der Waals surface area contributed by atoms with Crippen LogP contribution in [-0.4, -0.2) is 22.0 Å². The molecule has 0 saturated heterocycles. The predicted molar refractivity (Wildman–Crippen MR) is 150 cm³/mol. The second kappa shape index (κ2) is 12.7. The van der Waals surface area contributed by atoms with E-state index < -0.39 is 14.4 Å². The molecule has 37 heavy (non-hydrogen) atoms. The van der Waals surface area contributed by atoms with E-state index >= 15 is 0 Å². The van der Waals surface area contributed by atoms with Crippen LogP contribution in [0.3, 0.4) is 0 Å². The van der Waals surface area contributed by atoms with Gasteiger partial charge < -0.3 is 18.6 Å². The highest BCUT2D eigenvalue weighted by Crippen LogP contribution is 2.42. The van der Waals surface area contributed by atoms with Crippen LogP contribution in [0.4, 0.5) is 0 Å². The van der Waals surface area contributed by atoms with Gasteiger partial charge in [-0.15, -0.1) is 0 Å². The molecule has 7 nitrogen and oxygen atoms in total. The summed E-state index contributed by atoms with van der Waals surface area (Å²) >= 11 is 0. The minimum Gasteiger partial charge on any atom is -0.490 e. The maximum atomic E-state index is 9.36. The van der Waals surface area contributed by atoms with Gasteiger partial charge in [-0.1, -0.05) is 86.5 Å². The summed E-state index contributed by atoms with van der Waals surface area (Å²) in [4.78, 5) is 3.11. The van der Waals surface area contributed by atoms with Gasteiger partial charge in [-0.2, -0.15) is 0 Å². The first kappa shape index (κ1) is 28.1. The Kier molecular flexibility index (Phi) is 9.64. The SMILES string of the molecule is COc1c(OCc2ccccc2)cc([C@H](CO[Si](C)(C)C(C)(C)C)N=[N+]=[N-])cc1OCc1ccccc1. The van der Waals surface area contributed by atoms with E-state index in [9.17, 15) is 5.53 Å². The Bertz CT molecular complexity index is 1130. The van der Waals surface area contributed by atoms with Gasteiger partial charge >= 0.3 is 0 Å². The molecular formula is C29H37N3O4Si. The van der Waals surface area contributed by atoms with E-state index in [1.807, 2.05) is 72.8 Å². The van der Waals surface area contributed by atoms with Crippen molar-refractivity contribution in [3.8, 4) is 17.2 Å². The Morgan fingerprint density at radius 1 is 0.865 bits per heavy atom. The molecule has 8 heteroatoms. The molecule has 0 amide bonds. The topological polar surface area (TPSA) is 85.7 Å². The second-order valence-corrected chi connectivity index (χ2v) is 15.2. The molecular weight excluding hydrogens is 482 g/mol. The molecule has 0 aliphatic heterocycles. The lowest BCUT2D eigenvalue weighted by Gasteiger charge is -2.37. The lowest BCUT2D eigenvalue weighted by molar-refractivity contribution is 0.251. The number of nitrogens with zero attached hydrogens (tertiary/aromatic N) is 3. The Morgan fingerprint density at radius 2 is 1.35 bits per heavy atom. The zero-order valence-electron chi connectivity index (χ0n) is 22.6. The summed E-state index contributed by atoms with van der Waals surface area (Å²) in [5, 5.41) is 4.11. The van der Waals surface area contributed by atoms with E-state index in [1.54, 1.807) is 7.11 Å². The first-order chi connectivity index (χ1) is 17.6. The van der Waals surface area contributed by atoms with E-state index in [0.29, 0.717) is 30.5 Å². The van der Waals surface area contributed by atoms with Gasteiger partial charge in [-0.05, 0) is 52.5 Å². The zero-order chi connectivity index (χ0) is 26.9. The van der Waals surface area contributed by atoms with Crippen molar-refractivity contribution in [1.29, 1.82) is 0 Å². The van der Waals surface area contributed by atoms with Gasteiger partial charge in [0.1, 0.15) is 13.2 Å². The molecule has 196 valence electrons. The number of hydrogen-bond acceptors (Lipinski definition) is 5. The summed E-state index contributed by atoms with van der Waals surface area (Å²) in [5.41, 5.74) is 12.1. The highest BCUT2D eigenvalue weighted by Gasteiger charge is 2.37. The molecule has 0 saturated carbocycles. The van der Waals surface area contributed by atoms with Crippen LogP contribution in [0, 0.1) is 0 Å². The lowest BCUT2D eigenvalue weighted by Crippen LogP contribution is -2.41. The Hall–Kier alpha value is -3.45. The van der Waals surface area contributed by atoms with Crippen molar-refractivity contribution in [1.82, 2.24) is 0 Å². The normalized spacial score (nSPS) is 12.4. The lowest BCUT2D eigenvalue weighted by atomic mass is 10.1. The predicted octanol–water partition coefficient (Wildman–Crippen LogP) is 8.23. The Morgan fingerprint density at radius 3 is 1.76 bits per heavy atom. The monoisotopic (exact) mass is 519 g/mol. The molecule has 0 heterocycles. The van der Waals surface area contributed by atoms with E-state index in [-0.39, 0.29) is 11.6 Å². The number of hydrogen-bond donors (Lipinski definition) is 0. The van der Waals surface area contributed by atoms with E-state index in [1.165, 1.54) is 0 Å². The van der Waals surface area contributed by atoms with Crippen LogP contribution in [0.15, 0.2) is 77.9 Å². The fourth-order valence-corrected chi connectivity index (χ4v) is 4.45. The van der Waals surface area contributed by atoms with Crippen molar-refractivity contribution in [3.63, 3.8) is 0 Å². The van der Waals surface area contributed by atoms with Crippen LogP contribution in [-0.2, 0) is 17.6 Å².